The first kappa shape index (κ1) is 23.9. The molecule has 0 spiro atoms. The minimum atomic E-state index is -4.38. The number of halogens is 3. The second kappa shape index (κ2) is 9.68. The minimum Gasteiger partial charge on any atom is -0.368 e. The van der Waals surface area contributed by atoms with E-state index in [0.29, 0.717) is 31.9 Å². The Bertz CT molecular complexity index is 1360. The number of pyridine rings is 1. The maximum Gasteiger partial charge on any atom is 0.416 e. The van der Waals surface area contributed by atoms with Gasteiger partial charge in [-0.3, -0.25) is 4.79 Å². The molecule has 5 rings (SSSR count). The maximum absolute atomic E-state index is 13.4. The Kier molecular flexibility index (Phi) is 6.43. The van der Waals surface area contributed by atoms with Crippen molar-refractivity contribution in [2.75, 3.05) is 31.1 Å². The Labute approximate surface area is 207 Å². The van der Waals surface area contributed by atoms with Crippen LogP contribution in [0.3, 0.4) is 0 Å². The van der Waals surface area contributed by atoms with Crippen LogP contribution in [0.1, 0.15) is 34.7 Å². The molecular weight excluding hydrogens is 465 g/mol. The van der Waals surface area contributed by atoms with Gasteiger partial charge in [0.05, 0.1) is 11.3 Å². The van der Waals surface area contributed by atoms with Gasteiger partial charge in [-0.1, -0.05) is 36.4 Å². The standard InChI is InChI=1S/C28H27F3N4O/c1-20-10-11-35-25(19-32-26(35)16-20)24(21-6-3-2-4-7-21)18-27(36)34-14-12-33(13-15-34)23-9-5-8-22(17-23)28(29,30)31/h2-11,16-17,19,24H,12-15,18H2,1H3. The average molecular weight is 493 g/mol. The van der Waals surface area contributed by atoms with Crippen molar-refractivity contribution in [3.05, 3.63) is 102 Å². The van der Waals surface area contributed by atoms with Crippen LogP contribution < -0.4 is 4.90 Å². The van der Waals surface area contributed by atoms with Crippen LogP contribution in [0, 0.1) is 6.92 Å². The number of aryl methyl sites for hydroxylation is 1. The Morgan fingerprint density at radius 3 is 2.44 bits per heavy atom. The largest absolute Gasteiger partial charge is 0.416 e. The zero-order valence-electron chi connectivity index (χ0n) is 19.9. The Morgan fingerprint density at radius 2 is 1.72 bits per heavy atom. The van der Waals surface area contributed by atoms with Crippen LogP contribution >= 0.6 is 0 Å². The molecule has 0 radical (unpaired) electrons. The van der Waals surface area contributed by atoms with Gasteiger partial charge in [-0.15, -0.1) is 0 Å². The van der Waals surface area contributed by atoms with Crippen LogP contribution in [0.15, 0.2) is 79.1 Å². The van der Waals surface area contributed by atoms with E-state index in [0.717, 1.165) is 28.5 Å². The van der Waals surface area contributed by atoms with E-state index in [1.807, 2.05) is 76.0 Å². The van der Waals surface area contributed by atoms with E-state index in [1.165, 1.54) is 12.1 Å². The van der Waals surface area contributed by atoms with E-state index in [2.05, 4.69) is 4.98 Å². The van der Waals surface area contributed by atoms with Crippen molar-refractivity contribution in [2.24, 2.45) is 0 Å². The van der Waals surface area contributed by atoms with Crippen molar-refractivity contribution >= 4 is 17.2 Å². The Balaban J connectivity index is 1.32. The summed E-state index contributed by atoms with van der Waals surface area (Å²) in [6.45, 7) is 3.91. The number of carbonyl (C=O) groups is 1. The fraction of sp³-hybridized carbons (Fsp3) is 0.286. The number of piperazine rings is 1. The monoisotopic (exact) mass is 492 g/mol. The molecule has 1 aliphatic rings. The summed E-state index contributed by atoms with van der Waals surface area (Å²) >= 11 is 0. The summed E-state index contributed by atoms with van der Waals surface area (Å²) in [5.41, 5.74) is 3.81. The smallest absolute Gasteiger partial charge is 0.368 e. The summed E-state index contributed by atoms with van der Waals surface area (Å²) in [4.78, 5) is 21.7. The number of benzene rings is 2. The number of aromatic nitrogens is 2. The zero-order valence-corrected chi connectivity index (χ0v) is 19.9. The van der Waals surface area contributed by atoms with Gasteiger partial charge in [0.2, 0.25) is 5.91 Å². The molecule has 4 aromatic rings. The lowest BCUT2D eigenvalue weighted by Gasteiger charge is -2.37. The summed E-state index contributed by atoms with van der Waals surface area (Å²) in [6, 6.07) is 19.3. The lowest BCUT2D eigenvalue weighted by Crippen LogP contribution is -2.49. The fourth-order valence-corrected chi connectivity index (χ4v) is 4.84. The number of fused-ring (bicyclic) bond motifs is 1. The molecule has 2 aromatic carbocycles. The van der Waals surface area contributed by atoms with Crippen molar-refractivity contribution in [1.29, 1.82) is 0 Å². The highest BCUT2D eigenvalue weighted by Crippen LogP contribution is 2.33. The highest BCUT2D eigenvalue weighted by Gasteiger charge is 2.32. The first-order valence-electron chi connectivity index (χ1n) is 12.0. The van der Waals surface area contributed by atoms with E-state index >= 15 is 0 Å². The molecule has 1 aliphatic heterocycles. The lowest BCUT2D eigenvalue weighted by atomic mass is 9.92. The first-order chi connectivity index (χ1) is 17.3. The molecule has 3 heterocycles. The molecule has 2 aromatic heterocycles. The van der Waals surface area contributed by atoms with E-state index in [-0.39, 0.29) is 18.2 Å². The Hall–Kier alpha value is -3.81. The Morgan fingerprint density at radius 1 is 0.972 bits per heavy atom. The van der Waals surface area contributed by atoms with Crippen molar-refractivity contribution < 1.29 is 18.0 Å². The van der Waals surface area contributed by atoms with Gasteiger partial charge in [0, 0.05) is 56.6 Å². The summed E-state index contributed by atoms with van der Waals surface area (Å²) in [6.07, 6.45) is -0.265. The molecule has 1 unspecified atom stereocenters. The highest BCUT2D eigenvalue weighted by molar-refractivity contribution is 5.78. The van der Waals surface area contributed by atoms with Gasteiger partial charge in [-0.25, -0.2) is 4.98 Å². The number of hydrogen-bond donors (Lipinski definition) is 0. The average Bonchev–Trinajstić information content (AvgIpc) is 3.30. The van der Waals surface area contributed by atoms with Crippen LogP contribution in [-0.2, 0) is 11.0 Å². The molecule has 0 saturated carbocycles. The van der Waals surface area contributed by atoms with E-state index in [9.17, 15) is 18.0 Å². The predicted octanol–water partition coefficient (Wildman–Crippen LogP) is 5.53. The normalized spacial score (nSPS) is 15.3. The number of imidazole rings is 1. The molecule has 0 bridgehead atoms. The van der Waals surface area contributed by atoms with Crippen molar-refractivity contribution in [3.8, 4) is 0 Å². The molecule has 8 heteroatoms. The quantitative estimate of drug-likeness (QED) is 0.368. The highest BCUT2D eigenvalue weighted by atomic mass is 19.4. The molecule has 186 valence electrons. The minimum absolute atomic E-state index is 0.0228. The number of anilines is 1. The van der Waals surface area contributed by atoms with Crippen LogP contribution in [0.2, 0.25) is 0 Å². The van der Waals surface area contributed by atoms with E-state index < -0.39 is 11.7 Å². The van der Waals surface area contributed by atoms with Gasteiger partial charge in [0.1, 0.15) is 5.65 Å². The summed E-state index contributed by atoms with van der Waals surface area (Å²) in [5.74, 6) is -0.146. The van der Waals surface area contributed by atoms with Crippen LogP contribution in [0.25, 0.3) is 5.65 Å². The van der Waals surface area contributed by atoms with Gasteiger partial charge in [-0.05, 0) is 48.4 Å². The van der Waals surface area contributed by atoms with Gasteiger partial charge in [0.25, 0.3) is 0 Å². The molecule has 0 aliphatic carbocycles. The molecule has 5 nitrogen and oxygen atoms in total. The number of hydrogen-bond acceptors (Lipinski definition) is 3. The molecular formula is C28H27F3N4O. The zero-order chi connectivity index (χ0) is 25.3. The fourth-order valence-electron chi connectivity index (χ4n) is 4.84. The summed E-state index contributed by atoms with van der Waals surface area (Å²) < 4.78 is 41.4. The van der Waals surface area contributed by atoms with E-state index in [4.69, 9.17) is 0 Å². The molecule has 1 saturated heterocycles. The molecule has 1 amide bonds. The van der Waals surface area contributed by atoms with Gasteiger partial charge in [0.15, 0.2) is 0 Å². The SMILES string of the molecule is Cc1ccn2c(C(CC(=O)N3CCN(c4cccc(C(F)(F)F)c4)CC3)c3ccccc3)cnc2c1. The predicted molar refractivity (Wildman–Crippen MR) is 133 cm³/mol. The third-order valence-corrected chi connectivity index (χ3v) is 6.81. The van der Waals surface area contributed by atoms with E-state index in [1.54, 1.807) is 6.07 Å². The molecule has 1 atom stereocenters. The summed E-state index contributed by atoms with van der Waals surface area (Å²) in [5, 5.41) is 0. The maximum atomic E-state index is 13.4. The van der Waals surface area contributed by atoms with Gasteiger partial charge in [-0.2, -0.15) is 13.2 Å². The topological polar surface area (TPSA) is 40.9 Å². The number of carbonyl (C=O) groups excluding carboxylic acids is 1. The van der Waals surface area contributed by atoms with Crippen LogP contribution in [0.5, 0.6) is 0 Å². The molecule has 36 heavy (non-hydrogen) atoms. The molecule has 1 fully saturated rings. The first-order valence-corrected chi connectivity index (χ1v) is 12.0. The van der Waals surface area contributed by atoms with Crippen LogP contribution in [0.4, 0.5) is 18.9 Å². The lowest BCUT2D eigenvalue weighted by molar-refractivity contribution is -0.137. The van der Waals surface area contributed by atoms with Gasteiger partial charge < -0.3 is 14.2 Å². The number of nitrogens with zero attached hydrogens (tertiary/aromatic N) is 4. The third-order valence-electron chi connectivity index (χ3n) is 6.81. The van der Waals surface area contributed by atoms with Crippen molar-refractivity contribution in [2.45, 2.75) is 25.4 Å². The van der Waals surface area contributed by atoms with Crippen LogP contribution in [-0.4, -0.2) is 46.4 Å². The second-order valence-electron chi connectivity index (χ2n) is 9.20. The second-order valence-corrected chi connectivity index (χ2v) is 9.20. The summed E-state index contributed by atoms with van der Waals surface area (Å²) in [7, 11) is 0. The number of amides is 1. The number of rotatable bonds is 5. The van der Waals surface area contributed by atoms with Crippen molar-refractivity contribution in [1.82, 2.24) is 14.3 Å². The third kappa shape index (κ3) is 4.94. The van der Waals surface area contributed by atoms with Crippen molar-refractivity contribution in [3.63, 3.8) is 0 Å². The number of alkyl halides is 3. The van der Waals surface area contributed by atoms with Gasteiger partial charge >= 0.3 is 6.18 Å². The molecule has 0 N–H and O–H groups in total.